The highest BCUT2D eigenvalue weighted by Crippen LogP contribution is 2.29. The van der Waals surface area contributed by atoms with Crippen LogP contribution in [-0.4, -0.2) is 20.7 Å². The highest BCUT2D eigenvalue weighted by Gasteiger charge is 2.19. The number of carbonyl (C=O) groups is 1. The van der Waals surface area contributed by atoms with E-state index in [0.29, 0.717) is 0 Å². The third-order valence-corrected chi connectivity index (χ3v) is 4.62. The van der Waals surface area contributed by atoms with E-state index in [1.165, 1.54) is 17.7 Å². The first-order chi connectivity index (χ1) is 10.5. The lowest BCUT2D eigenvalue weighted by molar-refractivity contribution is 0.122. The largest absolute Gasteiger partial charge is 0.440 e. The molecule has 0 aliphatic rings. The maximum absolute atomic E-state index is 12.0. The van der Waals surface area contributed by atoms with Gasteiger partial charge in [-0.15, -0.1) is 0 Å². The molecule has 0 aliphatic heterocycles. The van der Waals surface area contributed by atoms with E-state index in [-0.39, 0.29) is 6.10 Å². The third-order valence-electron chi connectivity index (χ3n) is 3.31. The number of hydrogen-bond donors (Lipinski definition) is 1. The summed E-state index contributed by atoms with van der Waals surface area (Å²) in [5, 5.41) is 6.87. The summed E-state index contributed by atoms with van der Waals surface area (Å²) in [6.07, 6.45) is 0.674. The van der Waals surface area contributed by atoms with Crippen LogP contribution in [0.5, 0.6) is 0 Å². The number of thiazole rings is 1. The summed E-state index contributed by atoms with van der Waals surface area (Å²) in [6.45, 7) is 5.75. The van der Waals surface area contributed by atoms with E-state index >= 15 is 0 Å². The van der Waals surface area contributed by atoms with Crippen LogP contribution in [0.1, 0.15) is 29.2 Å². The minimum atomic E-state index is -0.475. The molecule has 2 heterocycles. The van der Waals surface area contributed by atoms with Crippen molar-refractivity contribution in [3.8, 4) is 0 Å². The van der Waals surface area contributed by atoms with Crippen molar-refractivity contribution in [2.75, 3.05) is 5.32 Å². The van der Waals surface area contributed by atoms with E-state index in [0.717, 1.165) is 26.8 Å². The normalized spacial score (nSPS) is 12.3. The lowest BCUT2D eigenvalue weighted by atomic mass is 10.2. The van der Waals surface area contributed by atoms with Crippen molar-refractivity contribution in [3.63, 3.8) is 0 Å². The predicted molar refractivity (Wildman–Crippen MR) is 85.3 cm³/mol. The zero-order chi connectivity index (χ0) is 15.7. The van der Waals surface area contributed by atoms with Crippen LogP contribution >= 0.6 is 11.3 Å². The average Bonchev–Trinajstić information content (AvgIpc) is 3.02. The molecule has 6 nitrogen and oxygen atoms in total. The van der Waals surface area contributed by atoms with Crippen LogP contribution in [0.3, 0.4) is 0 Å². The molecule has 7 heteroatoms. The lowest BCUT2D eigenvalue weighted by Crippen LogP contribution is -2.16. The molecule has 0 fully saturated rings. The summed E-state index contributed by atoms with van der Waals surface area (Å²) in [4.78, 5) is 17.9. The predicted octanol–water partition coefficient (Wildman–Crippen LogP) is 3.72. The number of anilines is 1. The first kappa shape index (κ1) is 14.5. The molecule has 3 aromatic rings. The quantitative estimate of drug-likeness (QED) is 0.799. The Labute approximate surface area is 131 Å². The summed E-state index contributed by atoms with van der Waals surface area (Å²) in [7, 11) is 0. The van der Waals surface area contributed by atoms with E-state index in [1.807, 2.05) is 45.0 Å². The Kier molecular flexibility index (Phi) is 3.81. The molecule has 3 rings (SSSR count). The second kappa shape index (κ2) is 5.76. The van der Waals surface area contributed by atoms with Crippen molar-refractivity contribution < 1.29 is 9.53 Å². The van der Waals surface area contributed by atoms with Crippen LogP contribution in [0.4, 0.5) is 10.5 Å². The second-order valence-electron chi connectivity index (χ2n) is 5.05. The molecule has 1 atom stereocenters. The van der Waals surface area contributed by atoms with Crippen LogP contribution < -0.4 is 5.32 Å². The van der Waals surface area contributed by atoms with Crippen LogP contribution in [0, 0.1) is 13.8 Å². The van der Waals surface area contributed by atoms with Gasteiger partial charge < -0.3 is 4.74 Å². The zero-order valence-electron chi connectivity index (χ0n) is 12.5. The summed E-state index contributed by atoms with van der Waals surface area (Å²) < 4.78 is 7.20. The molecule has 0 bridgehead atoms. The summed E-state index contributed by atoms with van der Waals surface area (Å²) in [5.41, 5.74) is 2.73. The highest BCUT2D eigenvalue weighted by molar-refractivity contribution is 7.17. The minimum absolute atomic E-state index is 0.363. The Morgan fingerprint density at radius 2 is 2.23 bits per heavy atom. The number of carbonyl (C=O) groups excluding carboxylic acids is 1. The number of rotatable bonds is 3. The Hall–Kier alpha value is -2.41. The van der Waals surface area contributed by atoms with E-state index in [4.69, 9.17) is 4.74 Å². The lowest BCUT2D eigenvalue weighted by Gasteiger charge is -2.13. The fourth-order valence-electron chi connectivity index (χ4n) is 2.27. The maximum Gasteiger partial charge on any atom is 0.412 e. The molecule has 1 aromatic carbocycles. The molecule has 0 aliphatic carbocycles. The Morgan fingerprint density at radius 1 is 1.41 bits per heavy atom. The molecular formula is C15H16N4O2S. The molecule has 114 valence electrons. The number of aromatic nitrogens is 3. The van der Waals surface area contributed by atoms with Gasteiger partial charge in [0.15, 0.2) is 0 Å². The van der Waals surface area contributed by atoms with E-state index < -0.39 is 6.09 Å². The average molecular weight is 316 g/mol. The molecule has 22 heavy (non-hydrogen) atoms. The summed E-state index contributed by atoms with van der Waals surface area (Å²) in [6, 6.07) is 7.57. The van der Waals surface area contributed by atoms with Crippen LogP contribution in [0.25, 0.3) is 4.96 Å². The van der Waals surface area contributed by atoms with Crippen molar-refractivity contribution in [2.24, 2.45) is 0 Å². The van der Waals surface area contributed by atoms with E-state index in [9.17, 15) is 4.79 Å². The molecule has 1 N–H and O–H groups in total. The van der Waals surface area contributed by atoms with Crippen molar-refractivity contribution in [3.05, 3.63) is 46.7 Å². The van der Waals surface area contributed by atoms with Gasteiger partial charge in [-0.1, -0.05) is 23.5 Å². The van der Waals surface area contributed by atoms with Crippen LogP contribution in [-0.2, 0) is 4.74 Å². The summed E-state index contributed by atoms with van der Waals surface area (Å²) >= 11 is 1.47. The van der Waals surface area contributed by atoms with Gasteiger partial charge in [-0.05, 0) is 38.5 Å². The number of hydrogen-bond acceptors (Lipinski definition) is 5. The third kappa shape index (κ3) is 2.80. The topological polar surface area (TPSA) is 68.5 Å². The number of ether oxygens (including phenoxy) is 1. The van der Waals surface area contributed by atoms with Gasteiger partial charge in [0.25, 0.3) is 0 Å². The van der Waals surface area contributed by atoms with Crippen molar-refractivity contribution >= 4 is 28.1 Å². The number of amides is 1. The Bertz CT molecular complexity index is 824. The summed E-state index contributed by atoms with van der Waals surface area (Å²) in [5.74, 6) is 0. The van der Waals surface area contributed by atoms with Crippen molar-refractivity contribution in [1.29, 1.82) is 0 Å². The first-order valence-corrected chi connectivity index (χ1v) is 7.69. The number of benzene rings is 1. The molecule has 0 unspecified atom stereocenters. The molecule has 0 saturated carbocycles. The molecule has 1 amide bonds. The van der Waals surface area contributed by atoms with E-state index in [1.54, 1.807) is 4.52 Å². The Morgan fingerprint density at radius 3 is 2.95 bits per heavy atom. The van der Waals surface area contributed by atoms with Crippen LogP contribution in [0.15, 0.2) is 30.6 Å². The second-order valence-corrected chi connectivity index (χ2v) is 6.06. The van der Waals surface area contributed by atoms with E-state index in [2.05, 4.69) is 15.4 Å². The molecule has 0 radical (unpaired) electrons. The SMILES string of the molecule is Cc1cccc(NC(=O)O[C@H](C)c2sc3ncnn3c2C)c1. The van der Waals surface area contributed by atoms with Crippen LogP contribution in [0.2, 0.25) is 0 Å². The number of aryl methyl sites for hydroxylation is 2. The van der Waals surface area contributed by atoms with Crippen molar-refractivity contribution in [2.45, 2.75) is 26.9 Å². The monoisotopic (exact) mass is 316 g/mol. The number of nitrogens with zero attached hydrogens (tertiary/aromatic N) is 3. The Balaban J connectivity index is 1.70. The van der Waals surface area contributed by atoms with Gasteiger partial charge in [0.2, 0.25) is 4.96 Å². The fourth-order valence-corrected chi connectivity index (χ4v) is 3.28. The zero-order valence-corrected chi connectivity index (χ0v) is 13.3. The maximum atomic E-state index is 12.0. The number of nitrogens with one attached hydrogen (secondary N) is 1. The molecule has 0 spiro atoms. The molecule has 0 saturated heterocycles. The van der Waals surface area contributed by atoms with Gasteiger partial charge in [0.05, 0.1) is 10.6 Å². The molecular weight excluding hydrogens is 300 g/mol. The van der Waals surface area contributed by atoms with Gasteiger partial charge >= 0.3 is 6.09 Å². The van der Waals surface area contributed by atoms with Gasteiger partial charge in [-0.2, -0.15) is 5.10 Å². The number of fused-ring (bicyclic) bond motifs is 1. The van der Waals surface area contributed by atoms with Crippen molar-refractivity contribution in [1.82, 2.24) is 14.6 Å². The van der Waals surface area contributed by atoms with Gasteiger partial charge in [-0.25, -0.2) is 14.3 Å². The highest BCUT2D eigenvalue weighted by atomic mass is 32.1. The molecule has 2 aromatic heterocycles. The van der Waals surface area contributed by atoms with Gasteiger partial charge in [0.1, 0.15) is 12.4 Å². The van der Waals surface area contributed by atoms with Gasteiger partial charge in [0, 0.05) is 5.69 Å². The standard InChI is InChI=1S/C15H16N4O2S/c1-9-5-4-6-12(7-9)18-15(20)21-11(3)13-10(2)19-14(22-13)16-8-17-19/h4-8,11H,1-3H3,(H,18,20)/t11-/m1/s1. The minimum Gasteiger partial charge on any atom is -0.440 e. The first-order valence-electron chi connectivity index (χ1n) is 6.88. The fraction of sp³-hybridized carbons (Fsp3) is 0.267. The van der Waals surface area contributed by atoms with Gasteiger partial charge in [-0.3, -0.25) is 5.32 Å². The smallest absolute Gasteiger partial charge is 0.412 e.